The Hall–Kier alpha value is -4.64. The number of furan rings is 1. The Bertz CT molecular complexity index is 1460. The molecule has 4 aromatic rings. The summed E-state index contributed by atoms with van der Waals surface area (Å²) in [4.78, 5) is 31.3. The van der Waals surface area contributed by atoms with Crippen LogP contribution in [0.5, 0.6) is 5.75 Å². The van der Waals surface area contributed by atoms with Crippen LogP contribution in [0.25, 0.3) is 33.9 Å². The van der Waals surface area contributed by atoms with Crippen LogP contribution in [-0.2, 0) is 4.74 Å². The third-order valence-electron chi connectivity index (χ3n) is 4.88. The monoisotopic (exact) mass is 441 g/mol. The van der Waals surface area contributed by atoms with Crippen LogP contribution in [0.1, 0.15) is 28.9 Å². The first-order chi connectivity index (χ1) is 16.0. The van der Waals surface area contributed by atoms with E-state index in [0.29, 0.717) is 40.3 Å². The van der Waals surface area contributed by atoms with Crippen molar-refractivity contribution in [2.75, 3.05) is 13.7 Å². The number of esters is 1. The Labute approximate surface area is 188 Å². The van der Waals surface area contributed by atoms with Gasteiger partial charge in [0.15, 0.2) is 5.82 Å². The fourth-order valence-electron chi connectivity index (χ4n) is 3.24. The lowest BCUT2D eigenvalue weighted by Crippen LogP contribution is -2.11. The summed E-state index contributed by atoms with van der Waals surface area (Å²) in [7, 11) is 1.51. The topological polar surface area (TPSA) is 118 Å². The Morgan fingerprint density at radius 2 is 1.97 bits per heavy atom. The summed E-state index contributed by atoms with van der Waals surface area (Å²) in [6.45, 7) is 2.06. The molecule has 0 spiro atoms. The summed E-state index contributed by atoms with van der Waals surface area (Å²) in [5, 5.41) is 10.0. The number of nitrogens with zero attached hydrogens (tertiary/aromatic N) is 2. The molecule has 164 valence electrons. The van der Waals surface area contributed by atoms with Crippen molar-refractivity contribution in [1.82, 2.24) is 9.97 Å². The second-order valence-electron chi connectivity index (χ2n) is 6.97. The van der Waals surface area contributed by atoms with Gasteiger partial charge in [0.2, 0.25) is 0 Å². The molecule has 4 rings (SSSR count). The number of nitriles is 1. The van der Waals surface area contributed by atoms with Gasteiger partial charge < -0.3 is 18.9 Å². The summed E-state index contributed by atoms with van der Waals surface area (Å²) < 4.78 is 16.0. The largest absolute Gasteiger partial charge is 0.497 e. The molecule has 0 unspecified atom stereocenters. The number of aromatic nitrogens is 2. The average Bonchev–Trinajstić information content (AvgIpc) is 3.31. The van der Waals surface area contributed by atoms with Crippen molar-refractivity contribution in [3.63, 3.8) is 0 Å². The summed E-state index contributed by atoms with van der Waals surface area (Å²) in [6, 6.07) is 17.3. The lowest BCUT2D eigenvalue weighted by Gasteiger charge is -2.04. The molecule has 0 fully saturated rings. The third-order valence-corrected chi connectivity index (χ3v) is 4.88. The number of hydrogen-bond acceptors (Lipinski definition) is 7. The molecule has 8 heteroatoms. The van der Waals surface area contributed by atoms with E-state index in [9.17, 15) is 14.9 Å². The summed E-state index contributed by atoms with van der Waals surface area (Å²) in [6.07, 6.45) is 1.50. The van der Waals surface area contributed by atoms with Crippen LogP contribution < -0.4 is 10.3 Å². The van der Waals surface area contributed by atoms with Crippen molar-refractivity contribution < 1.29 is 18.7 Å². The first-order valence-corrected chi connectivity index (χ1v) is 10.1. The van der Waals surface area contributed by atoms with Crippen molar-refractivity contribution in [1.29, 1.82) is 5.26 Å². The maximum atomic E-state index is 12.5. The molecule has 2 heterocycles. The molecule has 0 atom stereocenters. The molecule has 33 heavy (non-hydrogen) atoms. The van der Waals surface area contributed by atoms with Crippen molar-refractivity contribution >= 4 is 28.5 Å². The lowest BCUT2D eigenvalue weighted by atomic mass is 10.1. The van der Waals surface area contributed by atoms with E-state index in [-0.39, 0.29) is 22.9 Å². The van der Waals surface area contributed by atoms with Gasteiger partial charge in [-0.3, -0.25) is 4.79 Å². The Morgan fingerprint density at radius 1 is 1.18 bits per heavy atom. The van der Waals surface area contributed by atoms with E-state index in [0.717, 1.165) is 5.56 Å². The van der Waals surface area contributed by atoms with Gasteiger partial charge in [0.05, 0.1) is 35.8 Å². The molecule has 2 aromatic heterocycles. The zero-order chi connectivity index (χ0) is 23.4. The first-order valence-electron chi connectivity index (χ1n) is 10.1. The van der Waals surface area contributed by atoms with Crippen molar-refractivity contribution in [2.45, 2.75) is 6.92 Å². The maximum absolute atomic E-state index is 12.5. The molecule has 0 radical (unpaired) electrons. The highest BCUT2D eigenvalue weighted by atomic mass is 16.5. The van der Waals surface area contributed by atoms with E-state index in [2.05, 4.69) is 16.0 Å². The Morgan fingerprint density at radius 3 is 2.67 bits per heavy atom. The van der Waals surface area contributed by atoms with Crippen LogP contribution in [-0.4, -0.2) is 29.7 Å². The molecule has 8 nitrogen and oxygen atoms in total. The minimum Gasteiger partial charge on any atom is -0.497 e. The van der Waals surface area contributed by atoms with E-state index in [4.69, 9.17) is 13.9 Å². The number of nitrogens with one attached hydrogen (secondary N) is 1. The molecule has 2 aromatic carbocycles. The highest BCUT2D eigenvalue weighted by Gasteiger charge is 2.12. The minimum atomic E-state index is -0.388. The summed E-state index contributed by atoms with van der Waals surface area (Å²) >= 11 is 0. The van der Waals surface area contributed by atoms with Gasteiger partial charge in [-0.05, 0) is 49.4 Å². The number of carbonyl (C=O) groups excluding carboxylic acids is 1. The predicted octanol–water partition coefficient (Wildman–Crippen LogP) is 4.43. The molecular weight excluding hydrogens is 422 g/mol. The number of fused-ring (bicyclic) bond motifs is 1. The van der Waals surface area contributed by atoms with Gasteiger partial charge in [0, 0.05) is 11.6 Å². The zero-order valence-corrected chi connectivity index (χ0v) is 17.9. The molecule has 0 amide bonds. The highest BCUT2D eigenvalue weighted by Crippen LogP contribution is 2.25. The van der Waals surface area contributed by atoms with Crippen LogP contribution in [0.3, 0.4) is 0 Å². The highest BCUT2D eigenvalue weighted by molar-refractivity contribution is 5.90. The second-order valence-corrected chi connectivity index (χ2v) is 6.97. The quantitative estimate of drug-likeness (QED) is 0.347. The molecule has 0 aliphatic carbocycles. The van der Waals surface area contributed by atoms with Gasteiger partial charge in [-0.25, -0.2) is 9.78 Å². The number of H-pyrrole nitrogens is 1. The number of allylic oxidation sites excluding steroid dienone is 1. The average molecular weight is 441 g/mol. The third kappa shape index (κ3) is 4.52. The number of rotatable bonds is 6. The first kappa shape index (κ1) is 21.6. The number of hydrogen-bond donors (Lipinski definition) is 1. The zero-order valence-electron chi connectivity index (χ0n) is 17.9. The normalized spacial score (nSPS) is 11.2. The number of methoxy groups -OCH3 is 1. The molecule has 0 saturated heterocycles. The van der Waals surface area contributed by atoms with Gasteiger partial charge in [-0.2, -0.15) is 5.26 Å². The van der Waals surface area contributed by atoms with Crippen LogP contribution in [0.15, 0.2) is 63.8 Å². The fourth-order valence-corrected chi connectivity index (χ4v) is 3.24. The van der Waals surface area contributed by atoms with Crippen LogP contribution >= 0.6 is 0 Å². The van der Waals surface area contributed by atoms with E-state index in [1.165, 1.54) is 13.2 Å². The molecular formula is C25H19N3O5. The van der Waals surface area contributed by atoms with Gasteiger partial charge in [-0.1, -0.05) is 12.1 Å². The van der Waals surface area contributed by atoms with Crippen molar-refractivity contribution in [2.24, 2.45) is 0 Å². The summed E-state index contributed by atoms with van der Waals surface area (Å²) in [5.74, 6) is 1.25. The van der Waals surface area contributed by atoms with Gasteiger partial charge >= 0.3 is 5.97 Å². The second kappa shape index (κ2) is 9.24. The van der Waals surface area contributed by atoms with E-state index in [1.54, 1.807) is 61.5 Å². The van der Waals surface area contributed by atoms with Crippen molar-refractivity contribution in [3.05, 3.63) is 82.1 Å². The van der Waals surface area contributed by atoms with Crippen molar-refractivity contribution in [3.8, 4) is 23.1 Å². The van der Waals surface area contributed by atoms with Gasteiger partial charge in [-0.15, -0.1) is 0 Å². The SMILES string of the molecule is CCOC(=O)c1ccc(-c2ccc(C=C(C#N)c3nc4ccc(OC)cc4c(=O)[nH]3)o2)cc1. The van der Waals surface area contributed by atoms with Crippen LogP contribution in [0.2, 0.25) is 0 Å². The number of ether oxygens (including phenoxy) is 2. The molecule has 0 aliphatic heterocycles. The molecule has 1 N–H and O–H groups in total. The van der Waals surface area contributed by atoms with E-state index >= 15 is 0 Å². The standard InChI is InChI=1S/C25H19N3O5/c1-3-32-25(30)16-6-4-15(5-7-16)22-11-9-19(33-22)12-17(14-26)23-27-21-10-8-18(31-2)13-20(21)24(29)28-23/h4-13H,3H2,1-2H3,(H,27,28,29). The predicted molar refractivity (Wildman–Crippen MR) is 123 cm³/mol. The Balaban J connectivity index is 1.63. The number of carbonyl (C=O) groups is 1. The molecule has 0 saturated carbocycles. The van der Waals surface area contributed by atoms with Gasteiger partial charge in [0.1, 0.15) is 23.3 Å². The van der Waals surface area contributed by atoms with E-state index in [1.807, 2.05) is 0 Å². The fraction of sp³-hybridized carbons (Fsp3) is 0.120. The van der Waals surface area contributed by atoms with Crippen LogP contribution in [0.4, 0.5) is 0 Å². The van der Waals surface area contributed by atoms with Gasteiger partial charge in [0.25, 0.3) is 5.56 Å². The smallest absolute Gasteiger partial charge is 0.338 e. The minimum absolute atomic E-state index is 0.136. The number of benzene rings is 2. The van der Waals surface area contributed by atoms with E-state index < -0.39 is 0 Å². The number of aromatic amines is 1. The Kier molecular flexibility index (Phi) is 6.04. The molecule has 0 aliphatic rings. The maximum Gasteiger partial charge on any atom is 0.338 e. The lowest BCUT2D eigenvalue weighted by molar-refractivity contribution is 0.0526. The van der Waals surface area contributed by atoms with Crippen LogP contribution in [0, 0.1) is 11.3 Å². The molecule has 0 bridgehead atoms. The summed E-state index contributed by atoms with van der Waals surface area (Å²) in [5.41, 5.74) is 1.41.